The second-order valence-corrected chi connectivity index (χ2v) is 8.75. The van der Waals surface area contributed by atoms with Crippen LogP contribution in [0.5, 0.6) is 0 Å². The Kier molecular flexibility index (Phi) is 9.11. The number of hydrogen-bond donors (Lipinski definition) is 2. The van der Waals surface area contributed by atoms with Crippen molar-refractivity contribution in [3.05, 3.63) is 0 Å². The quantitative estimate of drug-likeness (QED) is 0.606. The molecule has 2 N–H and O–H groups in total. The smallest absolute Gasteiger partial charge is 0.408 e. The fourth-order valence-corrected chi connectivity index (χ4v) is 2.22. The van der Waals surface area contributed by atoms with Crippen LogP contribution in [0.3, 0.4) is 0 Å². The molecule has 0 aliphatic heterocycles. The maximum Gasteiger partial charge on any atom is 0.408 e. The van der Waals surface area contributed by atoms with Crippen LogP contribution in [0.15, 0.2) is 0 Å². The molecular formula is C19H36N2O5. The van der Waals surface area contributed by atoms with Crippen LogP contribution >= 0.6 is 0 Å². The van der Waals surface area contributed by atoms with Gasteiger partial charge in [0.1, 0.15) is 5.60 Å². The van der Waals surface area contributed by atoms with E-state index in [2.05, 4.69) is 10.6 Å². The summed E-state index contributed by atoms with van der Waals surface area (Å²) >= 11 is 0. The van der Waals surface area contributed by atoms with Crippen LogP contribution in [-0.4, -0.2) is 41.3 Å². The summed E-state index contributed by atoms with van der Waals surface area (Å²) in [7, 11) is 0. The molecule has 0 bridgehead atoms. The van der Waals surface area contributed by atoms with Gasteiger partial charge in [-0.05, 0) is 68.2 Å². The fraction of sp³-hybridized carbons (Fsp3) is 0.842. The number of carbonyl (C=O) groups is 3. The molecule has 0 saturated heterocycles. The number of carbonyl (C=O) groups excluding carboxylic acids is 3. The lowest BCUT2D eigenvalue weighted by Crippen LogP contribution is -2.48. The zero-order chi connectivity index (χ0) is 20.6. The van der Waals surface area contributed by atoms with Gasteiger partial charge < -0.3 is 20.1 Å². The van der Waals surface area contributed by atoms with Crippen molar-refractivity contribution in [2.45, 2.75) is 97.8 Å². The zero-order valence-electron chi connectivity index (χ0n) is 17.6. The minimum atomic E-state index is -0.575. The maximum absolute atomic E-state index is 12.2. The van der Waals surface area contributed by atoms with E-state index in [1.165, 1.54) is 0 Å². The largest absolute Gasteiger partial charge is 0.466 e. The number of amides is 2. The summed E-state index contributed by atoms with van der Waals surface area (Å²) in [4.78, 5) is 35.5. The van der Waals surface area contributed by atoms with E-state index in [-0.39, 0.29) is 24.7 Å². The molecule has 0 aliphatic rings. The molecule has 0 atom stereocenters. The Morgan fingerprint density at radius 3 is 1.81 bits per heavy atom. The van der Waals surface area contributed by atoms with E-state index >= 15 is 0 Å². The molecule has 152 valence electrons. The van der Waals surface area contributed by atoms with Gasteiger partial charge in [-0.3, -0.25) is 9.59 Å². The fourth-order valence-electron chi connectivity index (χ4n) is 2.22. The van der Waals surface area contributed by atoms with Crippen LogP contribution in [0.4, 0.5) is 4.79 Å². The van der Waals surface area contributed by atoms with Gasteiger partial charge in [0.25, 0.3) is 0 Å². The first-order chi connectivity index (χ1) is 11.7. The zero-order valence-corrected chi connectivity index (χ0v) is 17.6. The number of esters is 1. The Bertz CT molecular complexity index is 493. The average Bonchev–Trinajstić information content (AvgIpc) is 2.40. The predicted molar refractivity (Wildman–Crippen MR) is 101 cm³/mol. The molecule has 0 aromatic carbocycles. The summed E-state index contributed by atoms with van der Waals surface area (Å²) in [6, 6.07) is 0. The molecule has 0 unspecified atom stereocenters. The van der Waals surface area contributed by atoms with Crippen LogP contribution in [0.25, 0.3) is 0 Å². The summed E-state index contributed by atoms with van der Waals surface area (Å²) in [5, 5.41) is 5.71. The van der Waals surface area contributed by atoms with Crippen molar-refractivity contribution in [3.8, 4) is 0 Å². The summed E-state index contributed by atoms with van der Waals surface area (Å²) in [6.07, 6.45) is 0.972. The highest BCUT2D eigenvalue weighted by molar-refractivity contribution is 5.77. The molecule has 0 rings (SSSR count). The van der Waals surface area contributed by atoms with Crippen molar-refractivity contribution in [2.75, 3.05) is 6.61 Å². The van der Waals surface area contributed by atoms with Crippen LogP contribution in [0.2, 0.25) is 0 Å². The van der Waals surface area contributed by atoms with Gasteiger partial charge in [-0.1, -0.05) is 0 Å². The number of rotatable bonds is 9. The summed E-state index contributed by atoms with van der Waals surface area (Å²) in [6.45, 7) is 14.9. The maximum atomic E-state index is 12.2. The average molecular weight is 373 g/mol. The van der Waals surface area contributed by atoms with E-state index in [0.717, 1.165) is 0 Å². The minimum absolute atomic E-state index is 0.127. The van der Waals surface area contributed by atoms with Crippen molar-refractivity contribution >= 4 is 18.0 Å². The number of hydrogen-bond acceptors (Lipinski definition) is 5. The lowest BCUT2D eigenvalue weighted by molar-refractivity contribution is -0.143. The molecule has 0 aromatic rings. The Morgan fingerprint density at radius 2 is 1.31 bits per heavy atom. The molecule has 0 aliphatic carbocycles. The lowest BCUT2D eigenvalue weighted by Gasteiger charge is -2.30. The van der Waals surface area contributed by atoms with Gasteiger partial charge in [0.2, 0.25) is 5.91 Å². The molecule has 0 fully saturated rings. The second-order valence-electron chi connectivity index (χ2n) is 8.75. The Balaban J connectivity index is 4.37. The monoisotopic (exact) mass is 372 g/mol. The van der Waals surface area contributed by atoms with Gasteiger partial charge in [-0.2, -0.15) is 0 Å². The molecule has 7 nitrogen and oxygen atoms in total. The van der Waals surface area contributed by atoms with E-state index in [9.17, 15) is 14.4 Å². The molecule has 2 amide bonds. The predicted octanol–water partition coefficient (Wildman–Crippen LogP) is 3.31. The summed E-state index contributed by atoms with van der Waals surface area (Å²) in [5.41, 5.74) is -1.65. The van der Waals surface area contributed by atoms with Gasteiger partial charge in [-0.25, -0.2) is 4.79 Å². The first kappa shape index (κ1) is 24.2. The SMILES string of the molecule is CCOC(=O)CCC(C)(C)NC(=O)CCC(C)(C)NC(=O)OC(C)(C)C. The van der Waals surface area contributed by atoms with Crippen molar-refractivity contribution < 1.29 is 23.9 Å². The van der Waals surface area contributed by atoms with Crippen molar-refractivity contribution in [1.29, 1.82) is 0 Å². The highest BCUT2D eigenvalue weighted by Crippen LogP contribution is 2.16. The number of alkyl carbamates (subject to hydrolysis) is 1. The van der Waals surface area contributed by atoms with E-state index in [1.54, 1.807) is 27.7 Å². The Hall–Kier alpha value is -1.79. The third-order valence-corrected chi connectivity index (χ3v) is 3.55. The molecule has 0 heterocycles. The van der Waals surface area contributed by atoms with Gasteiger partial charge >= 0.3 is 12.1 Å². The second kappa shape index (κ2) is 9.78. The van der Waals surface area contributed by atoms with Gasteiger partial charge in [-0.15, -0.1) is 0 Å². The van der Waals surface area contributed by atoms with Gasteiger partial charge in [0, 0.05) is 23.9 Å². The van der Waals surface area contributed by atoms with Crippen molar-refractivity contribution in [1.82, 2.24) is 10.6 Å². The molecule has 0 aromatic heterocycles. The van der Waals surface area contributed by atoms with Crippen molar-refractivity contribution in [3.63, 3.8) is 0 Å². The van der Waals surface area contributed by atoms with Crippen LogP contribution in [0.1, 0.15) is 81.1 Å². The van der Waals surface area contributed by atoms with Crippen molar-refractivity contribution in [2.24, 2.45) is 0 Å². The first-order valence-electron chi connectivity index (χ1n) is 9.13. The molecule has 26 heavy (non-hydrogen) atoms. The molecular weight excluding hydrogens is 336 g/mol. The van der Waals surface area contributed by atoms with Gasteiger partial charge in [0.15, 0.2) is 0 Å². The standard InChI is InChI=1S/C19H36N2O5/c1-9-25-15(23)11-13-18(5,6)20-14(22)10-12-19(7,8)21-16(24)26-17(2,3)4/h9-13H2,1-8H3,(H,20,22)(H,21,24). The van der Waals surface area contributed by atoms with E-state index in [1.807, 2.05) is 27.7 Å². The molecule has 0 radical (unpaired) electrons. The highest BCUT2D eigenvalue weighted by Gasteiger charge is 2.27. The molecule has 0 saturated carbocycles. The van der Waals surface area contributed by atoms with E-state index < -0.39 is 22.8 Å². The normalized spacial score (nSPS) is 12.3. The van der Waals surface area contributed by atoms with Crippen LogP contribution in [0, 0.1) is 0 Å². The Labute approximate surface area is 157 Å². The Morgan fingerprint density at radius 1 is 0.808 bits per heavy atom. The van der Waals surface area contributed by atoms with Gasteiger partial charge in [0.05, 0.1) is 6.61 Å². The van der Waals surface area contributed by atoms with E-state index in [4.69, 9.17) is 9.47 Å². The van der Waals surface area contributed by atoms with E-state index in [0.29, 0.717) is 19.4 Å². The third-order valence-electron chi connectivity index (χ3n) is 3.55. The van der Waals surface area contributed by atoms with Crippen LogP contribution in [-0.2, 0) is 19.1 Å². The summed E-state index contributed by atoms with van der Waals surface area (Å²) in [5.74, 6) is -0.393. The number of nitrogens with one attached hydrogen (secondary N) is 2. The highest BCUT2D eigenvalue weighted by atomic mass is 16.6. The van der Waals surface area contributed by atoms with Crippen LogP contribution < -0.4 is 10.6 Å². The molecule has 7 heteroatoms. The topological polar surface area (TPSA) is 93.7 Å². The number of ether oxygens (including phenoxy) is 2. The lowest BCUT2D eigenvalue weighted by atomic mass is 9.95. The minimum Gasteiger partial charge on any atom is -0.466 e. The molecule has 0 spiro atoms. The summed E-state index contributed by atoms with van der Waals surface area (Å²) < 4.78 is 10.1. The first-order valence-corrected chi connectivity index (χ1v) is 9.13. The third kappa shape index (κ3) is 12.6.